The van der Waals surface area contributed by atoms with Gasteiger partial charge in [0, 0.05) is 18.7 Å². The molecule has 0 bridgehead atoms. The Morgan fingerprint density at radius 2 is 1.73 bits per heavy atom. The van der Waals surface area contributed by atoms with Crippen LogP contribution in [0.25, 0.3) is 0 Å². The Hall–Kier alpha value is -2.04. The maximum Gasteiger partial charge on any atom is 0.338 e. The maximum atomic E-state index is 11.9. The summed E-state index contributed by atoms with van der Waals surface area (Å²) in [5, 5.41) is 11.8. The van der Waals surface area contributed by atoms with Crippen molar-refractivity contribution in [2.75, 3.05) is 11.9 Å². The van der Waals surface area contributed by atoms with Gasteiger partial charge in [0.1, 0.15) is 5.60 Å². The van der Waals surface area contributed by atoms with Crippen molar-refractivity contribution in [1.82, 2.24) is 0 Å². The molecule has 0 unspecified atom stereocenters. The van der Waals surface area contributed by atoms with Crippen molar-refractivity contribution < 1.29 is 19.4 Å². The minimum absolute atomic E-state index is 0.227. The quantitative estimate of drug-likeness (QED) is 0.566. The first kappa shape index (κ1) is 18.0. The second-order valence-electron chi connectivity index (χ2n) is 6.21. The van der Waals surface area contributed by atoms with Gasteiger partial charge in [-0.3, -0.25) is 4.79 Å². The minimum Gasteiger partial charge on any atom is -0.481 e. The number of carboxylic acid groups (broad SMARTS) is 1. The van der Waals surface area contributed by atoms with Gasteiger partial charge in [0.05, 0.1) is 5.56 Å². The largest absolute Gasteiger partial charge is 0.481 e. The molecule has 0 aromatic heterocycles. The zero-order valence-electron chi connectivity index (χ0n) is 13.5. The third-order valence-electron chi connectivity index (χ3n) is 2.92. The van der Waals surface area contributed by atoms with Crippen LogP contribution in [0.4, 0.5) is 5.69 Å². The summed E-state index contributed by atoms with van der Waals surface area (Å²) in [4.78, 5) is 22.2. The van der Waals surface area contributed by atoms with E-state index in [1.165, 1.54) is 0 Å². The Morgan fingerprint density at radius 3 is 2.27 bits per heavy atom. The van der Waals surface area contributed by atoms with Gasteiger partial charge in [-0.2, -0.15) is 0 Å². The Bertz CT molecular complexity index is 488. The topological polar surface area (TPSA) is 75.6 Å². The number of carbonyl (C=O) groups excluding carboxylic acids is 1. The zero-order chi connectivity index (χ0) is 16.6. The van der Waals surface area contributed by atoms with Crippen molar-refractivity contribution in [2.24, 2.45) is 0 Å². The monoisotopic (exact) mass is 307 g/mol. The van der Waals surface area contributed by atoms with Gasteiger partial charge in [-0.25, -0.2) is 4.79 Å². The van der Waals surface area contributed by atoms with Crippen molar-refractivity contribution in [2.45, 2.75) is 52.1 Å². The lowest BCUT2D eigenvalue weighted by Gasteiger charge is -2.19. The molecule has 0 aliphatic rings. The molecule has 0 saturated carbocycles. The van der Waals surface area contributed by atoms with Crippen molar-refractivity contribution in [3.05, 3.63) is 29.8 Å². The Labute approximate surface area is 131 Å². The molecule has 0 saturated heterocycles. The standard InChI is InChI=1S/C17H25NO4/c1-17(2,3)22-16(21)13-8-10-14(11-9-13)18-12-6-4-5-7-15(19)20/h8-11,18H,4-7,12H2,1-3H3,(H,19,20). The smallest absolute Gasteiger partial charge is 0.338 e. The average molecular weight is 307 g/mol. The SMILES string of the molecule is CC(C)(C)OC(=O)c1ccc(NCCCCCC(=O)O)cc1. The lowest BCUT2D eigenvalue weighted by molar-refractivity contribution is -0.137. The molecule has 2 N–H and O–H groups in total. The summed E-state index contributed by atoms with van der Waals surface area (Å²) in [6, 6.07) is 7.16. The van der Waals surface area contributed by atoms with E-state index in [0.29, 0.717) is 12.0 Å². The summed E-state index contributed by atoms with van der Waals surface area (Å²) in [7, 11) is 0. The zero-order valence-corrected chi connectivity index (χ0v) is 13.5. The van der Waals surface area contributed by atoms with Crippen LogP contribution >= 0.6 is 0 Å². The van der Waals surface area contributed by atoms with E-state index in [1.807, 2.05) is 32.9 Å². The highest BCUT2D eigenvalue weighted by Crippen LogP contribution is 2.15. The number of carboxylic acids is 1. The van der Waals surface area contributed by atoms with E-state index in [2.05, 4.69) is 5.32 Å². The molecule has 0 amide bonds. The molecule has 0 radical (unpaired) electrons. The normalized spacial score (nSPS) is 11.0. The van der Waals surface area contributed by atoms with Crippen LogP contribution in [0.1, 0.15) is 56.8 Å². The summed E-state index contributed by atoms with van der Waals surface area (Å²) >= 11 is 0. The van der Waals surface area contributed by atoms with Gasteiger partial charge in [-0.1, -0.05) is 6.42 Å². The second-order valence-corrected chi connectivity index (χ2v) is 6.21. The number of hydrogen-bond donors (Lipinski definition) is 2. The van der Waals surface area contributed by atoms with E-state index in [0.717, 1.165) is 25.1 Å². The van der Waals surface area contributed by atoms with Gasteiger partial charge in [-0.15, -0.1) is 0 Å². The van der Waals surface area contributed by atoms with Gasteiger partial charge in [0.15, 0.2) is 0 Å². The van der Waals surface area contributed by atoms with Crippen molar-refractivity contribution in [3.8, 4) is 0 Å². The predicted molar refractivity (Wildman–Crippen MR) is 86.2 cm³/mol. The highest BCUT2D eigenvalue weighted by atomic mass is 16.6. The molecule has 5 nitrogen and oxygen atoms in total. The Kier molecular flexibility index (Phi) is 6.89. The number of nitrogens with one attached hydrogen (secondary N) is 1. The molecule has 1 aromatic rings. The Morgan fingerprint density at radius 1 is 1.09 bits per heavy atom. The summed E-state index contributed by atoms with van der Waals surface area (Å²) in [6.45, 7) is 6.30. The molecular weight excluding hydrogens is 282 g/mol. The van der Waals surface area contributed by atoms with Crippen LogP contribution < -0.4 is 5.32 Å². The number of esters is 1. The molecule has 122 valence electrons. The van der Waals surface area contributed by atoms with Gasteiger partial charge >= 0.3 is 11.9 Å². The van der Waals surface area contributed by atoms with Crippen LogP contribution in [0.3, 0.4) is 0 Å². The van der Waals surface area contributed by atoms with Crippen molar-refractivity contribution >= 4 is 17.6 Å². The number of carbonyl (C=O) groups is 2. The highest BCUT2D eigenvalue weighted by Gasteiger charge is 2.17. The number of hydrogen-bond acceptors (Lipinski definition) is 4. The van der Waals surface area contributed by atoms with Gasteiger partial charge < -0.3 is 15.2 Å². The molecular formula is C17H25NO4. The minimum atomic E-state index is -0.745. The van der Waals surface area contributed by atoms with E-state index < -0.39 is 11.6 Å². The summed E-state index contributed by atoms with van der Waals surface area (Å²) < 4.78 is 5.30. The third-order valence-corrected chi connectivity index (χ3v) is 2.92. The highest BCUT2D eigenvalue weighted by molar-refractivity contribution is 5.90. The lowest BCUT2D eigenvalue weighted by atomic mass is 10.1. The van der Waals surface area contributed by atoms with Crippen LogP contribution in [0.5, 0.6) is 0 Å². The maximum absolute atomic E-state index is 11.9. The fourth-order valence-electron chi connectivity index (χ4n) is 1.87. The molecule has 0 aliphatic carbocycles. The molecule has 1 aromatic carbocycles. The van der Waals surface area contributed by atoms with Crippen molar-refractivity contribution in [3.63, 3.8) is 0 Å². The van der Waals surface area contributed by atoms with E-state index in [1.54, 1.807) is 12.1 Å². The summed E-state index contributed by atoms with van der Waals surface area (Å²) in [5.41, 5.74) is 0.969. The van der Waals surface area contributed by atoms with E-state index in [4.69, 9.17) is 9.84 Å². The molecule has 0 spiro atoms. The van der Waals surface area contributed by atoms with Crippen LogP contribution in [-0.4, -0.2) is 29.2 Å². The number of anilines is 1. The lowest BCUT2D eigenvalue weighted by Crippen LogP contribution is -2.23. The molecule has 0 aliphatic heterocycles. The van der Waals surface area contributed by atoms with E-state index in [-0.39, 0.29) is 12.4 Å². The number of rotatable bonds is 8. The molecule has 0 heterocycles. The second kappa shape index (κ2) is 8.41. The summed E-state index contributed by atoms with van der Waals surface area (Å²) in [5.74, 6) is -1.07. The molecule has 22 heavy (non-hydrogen) atoms. The van der Waals surface area contributed by atoms with E-state index in [9.17, 15) is 9.59 Å². The average Bonchev–Trinajstić information content (AvgIpc) is 2.41. The molecule has 0 atom stereocenters. The molecule has 5 heteroatoms. The first-order valence-electron chi connectivity index (χ1n) is 7.57. The van der Waals surface area contributed by atoms with Gasteiger partial charge in [0.2, 0.25) is 0 Å². The van der Waals surface area contributed by atoms with Crippen LogP contribution in [0.15, 0.2) is 24.3 Å². The van der Waals surface area contributed by atoms with Crippen LogP contribution in [0.2, 0.25) is 0 Å². The van der Waals surface area contributed by atoms with Gasteiger partial charge in [0.25, 0.3) is 0 Å². The van der Waals surface area contributed by atoms with Crippen LogP contribution in [0, 0.1) is 0 Å². The fourth-order valence-corrected chi connectivity index (χ4v) is 1.87. The van der Waals surface area contributed by atoms with E-state index >= 15 is 0 Å². The molecule has 0 fully saturated rings. The third kappa shape index (κ3) is 7.67. The van der Waals surface area contributed by atoms with Gasteiger partial charge in [-0.05, 0) is 57.9 Å². The first-order chi connectivity index (χ1) is 10.3. The number of aliphatic carboxylic acids is 1. The number of ether oxygens (including phenoxy) is 1. The Balaban J connectivity index is 2.33. The molecule has 1 rings (SSSR count). The van der Waals surface area contributed by atoms with Crippen LogP contribution in [-0.2, 0) is 9.53 Å². The summed E-state index contributed by atoms with van der Waals surface area (Å²) in [6.07, 6.45) is 2.73. The fraction of sp³-hybridized carbons (Fsp3) is 0.529. The van der Waals surface area contributed by atoms with Crippen molar-refractivity contribution in [1.29, 1.82) is 0 Å². The predicted octanol–water partition coefficient (Wildman–Crippen LogP) is 3.70. The number of unbranched alkanes of at least 4 members (excludes halogenated alkanes) is 2. The number of benzene rings is 1. The first-order valence-corrected chi connectivity index (χ1v) is 7.57.